The van der Waals surface area contributed by atoms with Crippen LogP contribution >= 0.6 is 0 Å². The number of amides is 1. The van der Waals surface area contributed by atoms with Crippen molar-refractivity contribution in [2.75, 3.05) is 13.6 Å². The highest BCUT2D eigenvalue weighted by atomic mass is 16.5. The molecule has 114 valence electrons. The number of aryl methyl sites for hydroxylation is 1. The van der Waals surface area contributed by atoms with Gasteiger partial charge in [0.25, 0.3) is 5.91 Å². The van der Waals surface area contributed by atoms with Crippen LogP contribution in [0.1, 0.15) is 21.9 Å². The number of nitrogens with zero attached hydrogens (tertiary/aromatic N) is 1. The number of benzene rings is 1. The maximum absolute atomic E-state index is 12.3. The second kappa shape index (κ2) is 5.67. The summed E-state index contributed by atoms with van der Waals surface area (Å²) in [4.78, 5) is 25.3. The largest absolute Gasteiger partial charge is 0.488 e. The van der Waals surface area contributed by atoms with Gasteiger partial charge in [-0.25, -0.2) is 0 Å². The fourth-order valence-electron chi connectivity index (χ4n) is 2.64. The van der Waals surface area contributed by atoms with Gasteiger partial charge in [0.2, 0.25) is 0 Å². The molecule has 1 aliphatic rings. The van der Waals surface area contributed by atoms with E-state index in [1.165, 1.54) is 17.0 Å². The summed E-state index contributed by atoms with van der Waals surface area (Å²) < 4.78 is 11.2. The monoisotopic (exact) mass is 299 g/mol. The van der Waals surface area contributed by atoms with E-state index in [0.29, 0.717) is 12.3 Å². The average molecular weight is 299 g/mol. The Kier molecular flexibility index (Phi) is 3.71. The number of para-hydroxylation sites is 1. The van der Waals surface area contributed by atoms with Crippen LogP contribution in [0.2, 0.25) is 0 Å². The number of carbonyl (C=O) groups excluding carboxylic acids is 1. The lowest BCUT2D eigenvalue weighted by atomic mass is 10.1. The minimum atomic E-state index is -0.319. The molecule has 0 saturated carbocycles. The predicted molar refractivity (Wildman–Crippen MR) is 81.2 cm³/mol. The molecule has 0 saturated heterocycles. The van der Waals surface area contributed by atoms with Crippen LogP contribution in [0, 0.1) is 6.92 Å². The van der Waals surface area contributed by atoms with Gasteiger partial charge in [0, 0.05) is 25.6 Å². The Labute approximate surface area is 128 Å². The Hall–Kier alpha value is -2.56. The average Bonchev–Trinajstić information content (AvgIpc) is 2.87. The smallest absolute Gasteiger partial charge is 0.289 e. The highest BCUT2D eigenvalue weighted by Gasteiger charge is 2.26. The van der Waals surface area contributed by atoms with E-state index in [0.717, 1.165) is 17.7 Å². The number of fused-ring (bicyclic) bond motifs is 1. The van der Waals surface area contributed by atoms with Crippen LogP contribution in [0.15, 0.2) is 45.6 Å². The van der Waals surface area contributed by atoms with Crippen molar-refractivity contribution >= 4 is 5.91 Å². The lowest BCUT2D eigenvalue weighted by Gasteiger charge is -2.20. The van der Waals surface area contributed by atoms with E-state index in [9.17, 15) is 9.59 Å². The molecule has 0 bridgehead atoms. The molecule has 1 atom stereocenters. The molecule has 3 rings (SSSR count). The van der Waals surface area contributed by atoms with Crippen LogP contribution in [-0.4, -0.2) is 30.5 Å². The summed E-state index contributed by atoms with van der Waals surface area (Å²) in [7, 11) is 1.68. The van der Waals surface area contributed by atoms with Crippen LogP contribution in [0.25, 0.3) is 0 Å². The van der Waals surface area contributed by atoms with Crippen molar-refractivity contribution in [2.45, 2.75) is 19.4 Å². The maximum Gasteiger partial charge on any atom is 0.289 e. The van der Waals surface area contributed by atoms with Gasteiger partial charge in [0.1, 0.15) is 17.6 Å². The van der Waals surface area contributed by atoms with Gasteiger partial charge in [0.15, 0.2) is 11.2 Å². The van der Waals surface area contributed by atoms with E-state index < -0.39 is 0 Å². The number of hydrogen-bond acceptors (Lipinski definition) is 4. The molecule has 22 heavy (non-hydrogen) atoms. The van der Waals surface area contributed by atoms with Gasteiger partial charge in [-0.3, -0.25) is 9.59 Å². The van der Waals surface area contributed by atoms with Gasteiger partial charge in [-0.05, 0) is 18.6 Å². The van der Waals surface area contributed by atoms with Crippen LogP contribution < -0.4 is 10.2 Å². The van der Waals surface area contributed by atoms with Gasteiger partial charge in [-0.1, -0.05) is 18.2 Å². The quantitative estimate of drug-likeness (QED) is 0.870. The van der Waals surface area contributed by atoms with E-state index in [1.807, 2.05) is 24.3 Å². The van der Waals surface area contributed by atoms with Crippen molar-refractivity contribution in [1.29, 1.82) is 0 Å². The molecule has 2 aromatic rings. The highest BCUT2D eigenvalue weighted by molar-refractivity contribution is 5.91. The number of carbonyl (C=O) groups is 1. The van der Waals surface area contributed by atoms with Crippen molar-refractivity contribution in [2.24, 2.45) is 0 Å². The van der Waals surface area contributed by atoms with Crippen LogP contribution in [-0.2, 0) is 6.42 Å². The van der Waals surface area contributed by atoms with Gasteiger partial charge in [0.05, 0.1) is 6.54 Å². The summed E-state index contributed by atoms with van der Waals surface area (Å²) in [5.74, 6) is 1.03. The minimum absolute atomic E-state index is 0.0583. The molecule has 0 spiro atoms. The van der Waals surface area contributed by atoms with Crippen molar-refractivity contribution in [3.05, 3.63) is 63.7 Å². The number of rotatable bonds is 3. The summed E-state index contributed by atoms with van der Waals surface area (Å²) in [6.45, 7) is 2.08. The molecule has 0 N–H and O–H groups in total. The van der Waals surface area contributed by atoms with Crippen molar-refractivity contribution in [3.8, 4) is 5.75 Å². The first-order valence-electron chi connectivity index (χ1n) is 7.15. The first-order chi connectivity index (χ1) is 10.5. The van der Waals surface area contributed by atoms with E-state index >= 15 is 0 Å². The zero-order chi connectivity index (χ0) is 15.7. The Morgan fingerprint density at radius 1 is 1.32 bits per heavy atom. The van der Waals surface area contributed by atoms with Crippen LogP contribution in [0.5, 0.6) is 5.75 Å². The van der Waals surface area contributed by atoms with E-state index in [-0.39, 0.29) is 23.2 Å². The molecule has 5 heteroatoms. The normalized spacial score (nSPS) is 16.0. The summed E-state index contributed by atoms with van der Waals surface area (Å²) in [6, 6.07) is 10.4. The lowest BCUT2D eigenvalue weighted by Crippen LogP contribution is -2.36. The second-order valence-electron chi connectivity index (χ2n) is 5.51. The molecule has 0 aliphatic carbocycles. The van der Waals surface area contributed by atoms with Crippen LogP contribution in [0.3, 0.4) is 0 Å². The molecule has 0 fully saturated rings. The zero-order valence-corrected chi connectivity index (χ0v) is 12.5. The third-order valence-corrected chi connectivity index (χ3v) is 3.64. The Morgan fingerprint density at radius 3 is 2.82 bits per heavy atom. The zero-order valence-electron chi connectivity index (χ0n) is 12.5. The topological polar surface area (TPSA) is 59.8 Å². The molecule has 1 aromatic heterocycles. The lowest BCUT2D eigenvalue weighted by molar-refractivity contribution is 0.0695. The van der Waals surface area contributed by atoms with Gasteiger partial charge in [-0.15, -0.1) is 0 Å². The molecule has 2 heterocycles. The Bertz CT molecular complexity index is 740. The van der Waals surface area contributed by atoms with E-state index in [1.54, 1.807) is 14.0 Å². The first-order valence-corrected chi connectivity index (χ1v) is 7.15. The third kappa shape index (κ3) is 2.88. The molecule has 1 amide bonds. The Balaban J connectivity index is 1.69. The maximum atomic E-state index is 12.3. The first kappa shape index (κ1) is 14.4. The van der Waals surface area contributed by atoms with Gasteiger partial charge in [-0.2, -0.15) is 0 Å². The summed E-state index contributed by atoms with van der Waals surface area (Å²) in [5.41, 5.74) is 0.917. The number of likely N-dealkylation sites (N-methyl/N-ethyl adjacent to an activating group) is 1. The Morgan fingerprint density at radius 2 is 2.09 bits per heavy atom. The van der Waals surface area contributed by atoms with Crippen molar-refractivity contribution in [1.82, 2.24) is 4.90 Å². The van der Waals surface area contributed by atoms with Gasteiger partial charge >= 0.3 is 0 Å². The third-order valence-electron chi connectivity index (χ3n) is 3.64. The number of ether oxygens (including phenoxy) is 1. The van der Waals surface area contributed by atoms with Gasteiger partial charge < -0.3 is 14.1 Å². The van der Waals surface area contributed by atoms with Crippen molar-refractivity contribution < 1.29 is 13.9 Å². The highest BCUT2D eigenvalue weighted by Crippen LogP contribution is 2.28. The minimum Gasteiger partial charge on any atom is -0.488 e. The van der Waals surface area contributed by atoms with E-state index in [2.05, 4.69) is 0 Å². The predicted octanol–water partition coefficient (Wildman–Crippen LogP) is 2.02. The number of hydrogen-bond donors (Lipinski definition) is 0. The summed E-state index contributed by atoms with van der Waals surface area (Å²) in [5, 5.41) is 0. The fraction of sp³-hybridized carbons (Fsp3) is 0.294. The molecule has 0 unspecified atom stereocenters. The fourth-order valence-corrected chi connectivity index (χ4v) is 2.64. The summed E-state index contributed by atoms with van der Waals surface area (Å²) >= 11 is 0. The standard InChI is InChI=1S/C17H17NO4/c1-11-7-13(19)9-16(21-11)17(20)18(2)10-14-8-12-5-3-4-6-15(12)22-14/h3-7,9,14H,8,10H2,1-2H3/t14-/m0/s1. The molecular formula is C17H17NO4. The summed E-state index contributed by atoms with van der Waals surface area (Å²) in [6.07, 6.45) is 0.689. The van der Waals surface area contributed by atoms with E-state index in [4.69, 9.17) is 9.15 Å². The second-order valence-corrected chi connectivity index (χ2v) is 5.51. The van der Waals surface area contributed by atoms with Crippen molar-refractivity contribution in [3.63, 3.8) is 0 Å². The molecule has 1 aromatic carbocycles. The molecule has 0 radical (unpaired) electrons. The van der Waals surface area contributed by atoms with Crippen LogP contribution in [0.4, 0.5) is 0 Å². The molecule has 1 aliphatic heterocycles. The molecule has 5 nitrogen and oxygen atoms in total. The molecular weight excluding hydrogens is 282 g/mol. The SMILES string of the molecule is Cc1cc(=O)cc(C(=O)N(C)C[C@@H]2Cc3ccccc3O2)o1.